The molecule has 2 aliphatic rings. The Kier molecular flexibility index (Phi) is 1.32. The van der Waals surface area contributed by atoms with E-state index in [1.807, 2.05) is 0 Å². The van der Waals surface area contributed by atoms with Gasteiger partial charge < -0.3 is 0 Å². The highest BCUT2D eigenvalue weighted by Gasteiger charge is 2.57. The quantitative estimate of drug-likeness (QED) is 0.529. The van der Waals surface area contributed by atoms with Crippen molar-refractivity contribution in [1.82, 2.24) is 0 Å². The zero-order valence-electron chi connectivity index (χ0n) is 6.15. The van der Waals surface area contributed by atoms with Crippen LogP contribution >= 0.6 is 0 Å². The van der Waals surface area contributed by atoms with E-state index < -0.39 is 17.6 Å². The predicted molar refractivity (Wildman–Crippen MR) is 35.4 cm³/mol. The van der Waals surface area contributed by atoms with Crippen molar-refractivity contribution in [2.45, 2.75) is 31.6 Å². The number of carbonyl (C=O) groups is 1. The summed E-state index contributed by atoms with van der Waals surface area (Å²) in [5.41, 5.74) is 0. The van der Waals surface area contributed by atoms with Gasteiger partial charge in [0.2, 0.25) is 5.78 Å². The minimum absolute atomic E-state index is 0.00231. The van der Waals surface area contributed by atoms with Crippen LogP contribution < -0.4 is 0 Å². The Balaban J connectivity index is 2.27. The lowest BCUT2D eigenvalue weighted by atomic mass is 9.99. The molecule has 2 rings (SSSR count). The molecule has 0 heterocycles. The van der Waals surface area contributed by atoms with Crippen molar-refractivity contribution < 1.29 is 13.6 Å². The number of halogens is 2. The van der Waals surface area contributed by atoms with Crippen LogP contribution in [0.4, 0.5) is 8.78 Å². The molecule has 62 valence electrons. The molecule has 0 spiro atoms. The fourth-order valence-electron chi connectivity index (χ4n) is 2.34. The van der Waals surface area contributed by atoms with Crippen molar-refractivity contribution >= 4 is 5.78 Å². The molecule has 2 atom stereocenters. The molecule has 0 saturated heterocycles. The maximum atomic E-state index is 12.9. The maximum absolute atomic E-state index is 12.9. The number of Topliss-reactive ketones (excluding diaryl/α,β-unsaturated/α-hetero) is 1. The van der Waals surface area contributed by atoms with E-state index in [4.69, 9.17) is 0 Å². The summed E-state index contributed by atoms with van der Waals surface area (Å²) in [5.74, 6) is -4.43. The first-order valence-corrected chi connectivity index (χ1v) is 4.03. The van der Waals surface area contributed by atoms with Crippen LogP contribution in [-0.4, -0.2) is 11.7 Å². The van der Waals surface area contributed by atoms with E-state index in [9.17, 15) is 13.6 Å². The number of alkyl halides is 2. The van der Waals surface area contributed by atoms with Crippen LogP contribution in [0.25, 0.3) is 0 Å². The first kappa shape index (κ1) is 7.19. The molecule has 0 aromatic rings. The van der Waals surface area contributed by atoms with E-state index in [-0.39, 0.29) is 12.3 Å². The van der Waals surface area contributed by atoms with Crippen molar-refractivity contribution in [1.29, 1.82) is 0 Å². The van der Waals surface area contributed by atoms with Crippen LogP contribution in [0.1, 0.15) is 25.7 Å². The van der Waals surface area contributed by atoms with Crippen LogP contribution in [0.2, 0.25) is 0 Å². The van der Waals surface area contributed by atoms with Gasteiger partial charge in [0.25, 0.3) is 0 Å². The van der Waals surface area contributed by atoms with Gasteiger partial charge >= 0.3 is 5.92 Å². The molecule has 0 radical (unpaired) electrons. The fraction of sp³-hybridized carbons (Fsp3) is 0.875. The smallest absolute Gasteiger partial charge is 0.293 e. The largest absolute Gasteiger partial charge is 0.308 e. The summed E-state index contributed by atoms with van der Waals surface area (Å²) in [6, 6.07) is 0. The molecule has 11 heavy (non-hydrogen) atoms. The standard InChI is InChI=1S/C8H10F2O/c9-8(10)6-3-1-2-5(6)4-7(8)11/h5-6H,1-4H2. The van der Waals surface area contributed by atoms with Gasteiger partial charge in [-0.1, -0.05) is 6.42 Å². The molecule has 3 heteroatoms. The van der Waals surface area contributed by atoms with Gasteiger partial charge in [-0.25, -0.2) is 0 Å². The molecule has 1 nitrogen and oxygen atoms in total. The summed E-state index contributed by atoms with van der Waals surface area (Å²) in [6.45, 7) is 0. The van der Waals surface area contributed by atoms with E-state index in [1.54, 1.807) is 0 Å². The van der Waals surface area contributed by atoms with E-state index in [0.29, 0.717) is 6.42 Å². The molecular formula is C8H10F2O. The average molecular weight is 160 g/mol. The molecule has 0 N–H and O–H groups in total. The Labute approximate surface area is 63.8 Å². The van der Waals surface area contributed by atoms with Crippen LogP contribution in [0.3, 0.4) is 0 Å². The van der Waals surface area contributed by atoms with E-state index in [2.05, 4.69) is 0 Å². The number of rotatable bonds is 0. The van der Waals surface area contributed by atoms with Gasteiger partial charge in [-0.15, -0.1) is 0 Å². The maximum Gasteiger partial charge on any atom is 0.308 e. The average Bonchev–Trinajstić information content (AvgIpc) is 2.41. The second-order valence-electron chi connectivity index (χ2n) is 3.55. The number of hydrogen-bond acceptors (Lipinski definition) is 1. The minimum atomic E-state index is -2.98. The van der Waals surface area contributed by atoms with Gasteiger partial charge in [-0.05, 0) is 18.8 Å². The van der Waals surface area contributed by atoms with Crippen molar-refractivity contribution in [3.63, 3.8) is 0 Å². The molecule has 0 amide bonds. The Morgan fingerprint density at radius 1 is 1.36 bits per heavy atom. The van der Waals surface area contributed by atoms with E-state index in [0.717, 1.165) is 12.8 Å². The third kappa shape index (κ3) is 0.829. The van der Waals surface area contributed by atoms with Gasteiger partial charge in [0.05, 0.1) is 0 Å². The highest BCUT2D eigenvalue weighted by Crippen LogP contribution is 2.50. The summed E-state index contributed by atoms with van der Waals surface area (Å²) in [7, 11) is 0. The summed E-state index contributed by atoms with van der Waals surface area (Å²) in [4.78, 5) is 10.8. The summed E-state index contributed by atoms with van der Waals surface area (Å²) >= 11 is 0. The lowest BCUT2D eigenvalue weighted by molar-refractivity contribution is -0.143. The second-order valence-corrected chi connectivity index (χ2v) is 3.55. The molecule has 0 aromatic carbocycles. The lowest BCUT2D eigenvalue weighted by Crippen LogP contribution is -2.29. The molecule has 2 saturated carbocycles. The molecule has 0 aromatic heterocycles. The number of fused-ring (bicyclic) bond motifs is 1. The first-order chi connectivity index (χ1) is 5.12. The zero-order chi connectivity index (χ0) is 8.06. The molecule has 2 aliphatic carbocycles. The zero-order valence-corrected chi connectivity index (χ0v) is 6.15. The second kappa shape index (κ2) is 2.02. The summed E-state index contributed by atoms with van der Waals surface area (Å²) < 4.78 is 25.9. The Morgan fingerprint density at radius 3 is 2.73 bits per heavy atom. The highest BCUT2D eigenvalue weighted by atomic mass is 19.3. The fourth-order valence-corrected chi connectivity index (χ4v) is 2.34. The Bertz CT molecular complexity index is 200. The number of carbonyl (C=O) groups excluding carboxylic acids is 1. The summed E-state index contributed by atoms with van der Waals surface area (Å²) in [5, 5.41) is 0. The highest BCUT2D eigenvalue weighted by molar-refractivity contribution is 5.88. The van der Waals surface area contributed by atoms with Crippen LogP contribution in [0, 0.1) is 11.8 Å². The van der Waals surface area contributed by atoms with Gasteiger partial charge in [0, 0.05) is 12.3 Å². The molecule has 2 fully saturated rings. The lowest BCUT2D eigenvalue weighted by Gasteiger charge is -2.14. The number of hydrogen-bond donors (Lipinski definition) is 0. The SMILES string of the molecule is O=C1CC2CCCC2C1(F)F. The van der Waals surface area contributed by atoms with Crippen molar-refractivity contribution in [2.24, 2.45) is 11.8 Å². The Morgan fingerprint density at radius 2 is 2.09 bits per heavy atom. The van der Waals surface area contributed by atoms with E-state index >= 15 is 0 Å². The van der Waals surface area contributed by atoms with Crippen LogP contribution in [0.15, 0.2) is 0 Å². The molecular weight excluding hydrogens is 150 g/mol. The molecule has 2 unspecified atom stereocenters. The van der Waals surface area contributed by atoms with Crippen LogP contribution in [-0.2, 0) is 4.79 Å². The summed E-state index contributed by atoms with van der Waals surface area (Å²) in [6.07, 6.45) is 2.37. The predicted octanol–water partition coefficient (Wildman–Crippen LogP) is 2.01. The first-order valence-electron chi connectivity index (χ1n) is 4.03. The minimum Gasteiger partial charge on any atom is -0.293 e. The third-order valence-electron chi connectivity index (χ3n) is 2.94. The topological polar surface area (TPSA) is 17.1 Å². The number of ketones is 1. The van der Waals surface area contributed by atoms with Crippen molar-refractivity contribution in [2.75, 3.05) is 0 Å². The van der Waals surface area contributed by atoms with Gasteiger partial charge in [0.1, 0.15) is 0 Å². The normalized spacial score (nSPS) is 41.1. The third-order valence-corrected chi connectivity index (χ3v) is 2.94. The van der Waals surface area contributed by atoms with Gasteiger partial charge in [-0.3, -0.25) is 4.79 Å². The van der Waals surface area contributed by atoms with E-state index in [1.165, 1.54) is 0 Å². The molecule has 0 aliphatic heterocycles. The van der Waals surface area contributed by atoms with Crippen molar-refractivity contribution in [3.05, 3.63) is 0 Å². The van der Waals surface area contributed by atoms with Crippen LogP contribution in [0.5, 0.6) is 0 Å². The van der Waals surface area contributed by atoms with Crippen molar-refractivity contribution in [3.8, 4) is 0 Å². The Hall–Kier alpha value is -0.470. The monoisotopic (exact) mass is 160 g/mol. The molecule has 0 bridgehead atoms. The van der Waals surface area contributed by atoms with Gasteiger partial charge in [-0.2, -0.15) is 8.78 Å². The van der Waals surface area contributed by atoms with Gasteiger partial charge in [0.15, 0.2) is 0 Å².